The van der Waals surface area contributed by atoms with E-state index in [-0.39, 0.29) is 30.5 Å². The molecule has 1 aliphatic heterocycles. The Kier molecular flexibility index (Phi) is 6.25. The first-order valence-electron chi connectivity index (χ1n) is 8.81. The Morgan fingerprint density at radius 1 is 1.00 bits per heavy atom. The van der Waals surface area contributed by atoms with Crippen LogP contribution in [0.5, 0.6) is 11.5 Å². The summed E-state index contributed by atoms with van der Waals surface area (Å²) in [6.07, 6.45) is 0.605. The van der Waals surface area contributed by atoms with Crippen molar-refractivity contribution in [3.8, 4) is 11.5 Å². The third-order valence-corrected chi connectivity index (χ3v) is 4.11. The van der Waals surface area contributed by atoms with Crippen molar-refractivity contribution in [3.63, 3.8) is 0 Å². The summed E-state index contributed by atoms with van der Waals surface area (Å²) in [6.45, 7) is 1.01. The van der Waals surface area contributed by atoms with E-state index in [4.69, 9.17) is 9.47 Å². The zero-order valence-corrected chi connectivity index (χ0v) is 14.7. The smallest absolute Gasteiger partial charge is 0.254 e. The maximum Gasteiger partial charge on any atom is 0.254 e. The number of rotatable bonds is 7. The van der Waals surface area contributed by atoms with E-state index in [1.807, 2.05) is 24.3 Å². The van der Waals surface area contributed by atoms with Crippen molar-refractivity contribution >= 4 is 11.8 Å². The van der Waals surface area contributed by atoms with E-state index in [2.05, 4.69) is 10.6 Å². The third-order valence-electron chi connectivity index (χ3n) is 4.11. The zero-order chi connectivity index (χ0) is 19.1. The van der Waals surface area contributed by atoms with Crippen LogP contribution in [0.3, 0.4) is 0 Å². The molecule has 0 saturated carbocycles. The van der Waals surface area contributed by atoms with Crippen LogP contribution in [0.1, 0.15) is 23.2 Å². The Morgan fingerprint density at radius 2 is 1.74 bits per heavy atom. The number of hydrogen-bond acceptors (Lipinski definition) is 4. The first kappa shape index (κ1) is 18.7. The largest absolute Gasteiger partial charge is 0.486 e. The monoisotopic (exact) mass is 372 g/mol. The summed E-state index contributed by atoms with van der Waals surface area (Å²) in [5.74, 6) is 0.114. The van der Waals surface area contributed by atoms with E-state index in [1.54, 1.807) is 6.07 Å². The number of benzene rings is 2. The van der Waals surface area contributed by atoms with Gasteiger partial charge in [-0.1, -0.05) is 24.3 Å². The van der Waals surface area contributed by atoms with Gasteiger partial charge >= 0.3 is 0 Å². The lowest BCUT2D eigenvalue weighted by atomic mass is 10.2. The number of hydrogen-bond donors (Lipinski definition) is 2. The average Bonchev–Trinajstić information content (AvgIpc) is 2.68. The highest BCUT2D eigenvalue weighted by molar-refractivity contribution is 5.94. The summed E-state index contributed by atoms with van der Waals surface area (Å²) in [5, 5.41) is 5.32. The van der Waals surface area contributed by atoms with Gasteiger partial charge in [-0.3, -0.25) is 9.59 Å². The minimum absolute atomic E-state index is 0.0346. The third kappa shape index (κ3) is 5.20. The maximum atomic E-state index is 13.5. The number of halogens is 1. The summed E-state index contributed by atoms with van der Waals surface area (Å²) >= 11 is 0. The molecule has 27 heavy (non-hydrogen) atoms. The average molecular weight is 372 g/mol. The molecule has 2 aromatic rings. The molecule has 0 bridgehead atoms. The fraction of sp³-hybridized carbons (Fsp3) is 0.300. The highest BCUT2D eigenvalue weighted by Crippen LogP contribution is 2.31. The minimum atomic E-state index is -0.587. The molecular formula is C20H21FN2O4. The van der Waals surface area contributed by atoms with E-state index < -0.39 is 11.7 Å². The minimum Gasteiger partial charge on any atom is -0.486 e. The van der Waals surface area contributed by atoms with Gasteiger partial charge in [-0.05, 0) is 24.3 Å². The molecule has 0 unspecified atom stereocenters. The fourth-order valence-electron chi connectivity index (χ4n) is 2.70. The van der Waals surface area contributed by atoms with Crippen LogP contribution in [0.25, 0.3) is 0 Å². The Balaban J connectivity index is 1.32. The molecule has 0 fully saturated rings. The molecule has 2 amide bonds. The molecular weight excluding hydrogens is 351 g/mol. The lowest BCUT2D eigenvalue weighted by molar-refractivity contribution is -0.121. The number of fused-ring (bicyclic) bond motifs is 1. The summed E-state index contributed by atoms with van der Waals surface area (Å²) in [5.41, 5.74) is -0.0346. The van der Waals surface area contributed by atoms with Gasteiger partial charge in [0.25, 0.3) is 5.91 Å². The molecule has 0 spiro atoms. The van der Waals surface area contributed by atoms with Gasteiger partial charge < -0.3 is 20.1 Å². The first-order chi connectivity index (χ1) is 13.1. The predicted octanol–water partition coefficient (Wildman–Crippen LogP) is 2.29. The highest BCUT2D eigenvalue weighted by Gasteiger charge is 2.20. The predicted molar refractivity (Wildman–Crippen MR) is 97.3 cm³/mol. The van der Waals surface area contributed by atoms with E-state index in [9.17, 15) is 14.0 Å². The number of amides is 2. The molecule has 7 heteroatoms. The van der Waals surface area contributed by atoms with E-state index in [0.29, 0.717) is 25.3 Å². The molecule has 1 aliphatic rings. The molecule has 2 aromatic carbocycles. The van der Waals surface area contributed by atoms with Crippen LogP contribution in [-0.2, 0) is 4.79 Å². The van der Waals surface area contributed by atoms with Crippen molar-refractivity contribution in [3.05, 3.63) is 59.9 Å². The molecule has 0 aliphatic carbocycles. The topological polar surface area (TPSA) is 76.7 Å². The lowest BCUT2D eigenvalue weighted by Gasteiger charge is -2.26. The molecule has 1 atom stereocenters. The second-order valence-electron chi connectivity index (χ2n) is 6.12. The normalized spacial score (nSPS) is 15.1. The standard InChI is InChI=1S/C20H21FN2O4/c21-16-6-2-1-5-15(16)20(25)23-12-10-19(24)22-11-9-14-13-26-17-7-3-4-8-18(17)27-14/h1-8,14H,9-13H2,(H,22,24)(H,23,25)/t14-/m0/s1. The van der Waals surface area contributed by atoms with Gasteiger partial charge in [0.15, 0.2) is 11.5 Å². The van der Waals surface area contributed by atoms with Gasteiger partial charge in [0.1, 0.15) is 18.5 Å². The SMILES string of the molecule is O=C(CCNC(=O)c1ccccc1F)NCC[C@H]1COc2ccccc2O1. The second-order valence-corrected chi connectivity index (χ2v) is 6.12. The van der Waals surface area contributed by atoms with Crippen LogP contribution in [0.2, 0.25) is 0 Å². The molecule has 3 rings (SSSR count). The second kappa shape index (κ2) is 9.02. The molecule has 1 heterocycles. The molecule has 142 valence electrons. The van der Waals surface area contributed by atoms with Crippen molar-refractivity contribution in [2.24, 2.45) is 0 Å². The van der Waals surface area contributed by atoms with Gasteiger partial charge in [0.2, 0.25) is 5.91 Å². The van der Waals surface area contributed by atoms with Crippen molar-refractivity contribution < 1.29 is 23.5 Å². The molecule has 6 nitrogen and oxygen atoms in total. The van der Waals surface area contributed by atoms with Crippen molar-refractivity contribution in [2.45, 2.75) is 18.9 Å². The Labute approximate surface area is 156 Å². The number of ether oxygens (including phenoxy) is 2. The van der Waals surface area contributed by atoms with Gasteiger partial charge in [-0.15, -0.1) is 0 Å². The maximum absolute atomic E-state index is 13.5. The molecule has 0 aromatic heterocycles. The summed E-state index contributed by atoms with van der Waals surface area (Å²) < 4.78 is 24.9. The van der Waals surface area contributed by atoms with E-state index in [1.165, 1.54) is 18.2 Å². The van der Waals surface area contributed by atoms with E-state index in [0.717, 1.165) is 5.75 Å². The number of para-hydroxylation sites is 2. The molecule has 0 saturated heterocycles. The Bertz CT molecular complexity index is 812. The first-order valence-corrected chi connectivity index (χ1v) is 8.81. The summed E-state index contributed by atoms with van der Waals surface area (Å²) in [6, 6.07) is 13.2. The number of carbonyl (C=O) groups excluding carboxylic acids is 2. The van der Waals surface area contributed by atoms with Crippen molar-refractivity contribution in [2.75, 3.05) is 19.7 Å². The van der Waals surface area contributed by atoms with Crippen LogP contribution < -0.4 is 20.1 Å². The number of carbonyl (C=O) groups is 2. The van der Waals surface area contributed by atoms with Crippen LogP contribution in [0.15, 0.2) is 48.5 Å². The van der Waals surface area contributed by atoms with Crippen molar-refractivity contribution in [1.82, 2.24) is 10.6 Å². The lowest BCUT2D eigenvalue weighted by Crippen LogP contribution is -2.35. The molecule has 2 N–H and O–H groups in total. The van der Waals surface area contributed by atoms with Crippen LogP contribution in [0, 0.1) is 5.82 Å². The van der Waals surface area contributed by atoms with Crippen LogP contribution in [-0.4, -0.2) is 37.6 Å². The van der Waals surface area contributed by atoms with E-state index >= 15 is 0 Å². The van der Waals surface area contributed by atoms with Crippen LogP contribution >= 0.6 is 0 Å². The zero-order valence-electron chi connectivity index (χ0n) is 14.7. The van der Waals surface area contributed by atoms with Gasteiger partial charge in [-0.2, -0.15) is 0 Å². The van der Waals surface area contributed by atoms with Crippen LogP contribution in [0.4, 0.5) is 4.39 Å². The Hall–Kier alpha value is -3.09. The highest BCUT2D eigenvalue weighted by atomic mass is 19.1. The Morgan fingerprint density at radius 3 is 2.56 bits per heavy atom. The molecule has 0 radical (unpaired) electrons. The van der Waals surface area contributed by atoms with Gasteiger partial charge in [-0.25, -0.2) is 4.39 Å². The summed E-state index contributed by atoms with van der Waals surface area (Å²) in [4.78, 5) is 23.7. The van der Waals surface area contributed by atoms with Crippen molar-refractivity contribution in [1.29, 1.82) is 0 Å². The van der Waals surface area contributed by atoms with Gasteiger partial charge in [0.05, 0.1) is 5.56 Å². The van der Waals surface area contributed by atoms with Gasteiger partial charge in [0, 0.05) is 25.9 Å². The summed E-state index contributed by atoms with van der Waals surface area (Å²) in [7, 11) is 0. The fourth-order valence-corrected chi connectivity index (χ4v) is 2.70. The number of nitrogens with one attached hydrogen (secondary N) is 2. The quantitative estimate of drug-likeness (QED) is 0.782.